The Morgan fingerprint density at radius 2 is 1.55 bits per heavy atom. The third kappa shape index (κ3) is 7.10. The lowest BCUT2D eigenvalue weighted by atomic mass is 9.44. The zero-order valence-electron chi connectivity index (χ0n) is 33.9. The van der Waals surface area contributed by atoms with Crippen LogP contribution in [0.2, 0.25) is 0 Å². The van der Waals surface area contributed by atoms with Crippen LogP contribution in [0.3, 0.4) is 0 Å². The maximum Gasteiger partial charge on any atom is 0.408 e. The van der Waals surface area contributed by atoms with E-state index >= 15 is 0 Å². The number of carbonyl (C=O) groups excluding carboxylic acids is 5. The molecule has 58 heavy (non-hydrogen) atoms. The van der Waals surface area contributed by atoms with Crippen molar-refractivity contribution in [1.82, 2.24) is 5.32 Å². The Morgan fingerprint density at radius 3 is 2.10 bits per heavy atom. The highest BCUT2D eigenvalue weighted by molar-refractivity contribution is 5.94. The molecule has 1 amide bonds. The summed E-state index contributed by atoms with van der Waals surface area (Å²) < 4.78 is 29.5. The first kappa shape index (κ1) is 42.9. The van der Waals surface area contributed by atoms with Crippen molar-refractivity contribution < 1.29 is 68.1 Å². The molecule has 11 atom stereocenters. The van der Waals surface area contributed by atoms with E-state index in [-0.39, 0.29) is 29.7 Å². The smallest absolute Gasteiger partial charge is 0.408 e. The minimum Gasteiger partial charge on any atom is -0.456 e. The molecule has 0 aromatic heterocycles. The van der Waals surface area contributed by atoms with E-state index in [9.17, 15) is 44.4 Å². The van der Waals surface area contributed by atoms with E-state index in [1.54, 1.807) is 83.1 Å². The highest BCUT2D eigenvalue weighted by atomic mass is 16.6. The molecule has 5 N–H and O–H groups in total. The minimum atomic E-state index is -2.35. The number of alkyl carbamates (subject to hydrolysis) is 1. The zero-order chi connectivity index (χ0) is 42.7. The molecule has 2 aromatic carbocycles. The van der Waals surface area contributed by atoms with Crippen molar-refractivity contribution in [2.45, 2.75) is 128 Å². The molecular formula is C43H53NO14. The zero-order valence-corrected chi connectivity index (χ0v) is 33.9. The van der Waals surface area contributed by atoms with Crippen LogP contribution >= 0.6 is 0 Å². The van der Waals surface area contributed by atoms with Gasteiger partial charge in [0.2, 0.25) is 0 Å². The third-order valence-electron chi connectivity index (χ3n) is 12.6. The fourth-order valence-electron chi connectivity index (χ4n) is 9.56. The quantitative estimate of drug-likeness (QED) is 0.147. The number of hydrogen-bond donors (Lipinski definition) is 5. The number of aliphatic hydroxyl groups is 4. The van der Waals surface area contributed by atoms with Gasteiger partial charge in [-0.2, -0.15) is 0 Å². The number of esters is 3. The molecule has 314 valence electrons. The lowest BCUT2D eigenvalue weighted by Crippen LogP contribution is -2.81. The summed E-state index contributed by atoms with van der Waals surface area (Å²) in [4.78, 5) is 68.9. The monoisotopic (exact) mass is 807 g/mol. The minimum absolute atomic E-state index is 0.0637. The summed E-state index contributed by atoms with van der Waals surface area (Å²) in [6.45, 7) is 11.8. The van der Waals surface area contributed by atoms with Gasteiger partial charge in [0, 0.05) is 25.2 Å². The van der Waals surface area contributed by atoms with E-state index in [1.165, 1.54) is 26.0 Å². The summed E-state index contributed by atoms with van der Waals surface area (Å²) in [5.74, 6) is -5.36. The molecule has 2 unspecified atom stereocenters. The molecule has 2 aromatic rings. The predicted molar refractivity (Wildman–Crippen MR) is 204 cm³/mol. The topological polar surface area (TPSA) is 224 Å². The normalized spacial score (nSPS) is 33.7. The van der Waals surface area contributed by atoms with E-state index < -0.39 is 112 Å². The van der Waals surface area contributed by atoms with E-state index in [0.717, 1.165) is 6.92 Å². The summed E-state index contributed by atoms with van der Waals surface area (Å²) >= 11 is 0. The van der Waals surface area contributed by atoms with Gasteiger partial charge in [-0.3, -0.25) is 9.59 Å². The van der Waals surface area contributed by atoms with Crippen molar-refractivity contribution in [3.05, 3.63) is 82.9 Å². The number of Topliss-reactive ketones (excluding diaryl/α,β-unsaturated/α-hetero) is 1. The Labute approximate surface area is 336 Å². The number of amides is 1. The molecular weight excluding hydrogens is 754 g/mol. The molecule has 15 heteroatoms. The van der Waals surface area contributed by atoms with E-state index in [1.807, 2.05) is 0 Å². The molecule has 2 bridgehead atoms. The molecule has 1 aliphatic heterocycles. The Morgan fingerprint density at radius 1 is 0.948 bits per heavy atom. The van der Waals surface area contributed by atoms with Crippen molar-refractivity contribution in [2.75, 3.05) is 6.61 Å². The fourth-order valence-corrected chi connectivity index (χ4v) is 9.56. The number of benzene rings is 2. The number of carbonyl (C=O) groups is 5. The molecule has 6 rings (SSSR count). The first-order valence-electron chi connectivity index (χ1n) is 19.3. The van der Waals surface area contributed by atoms with Crippen LogP contribution in [-0.2, 0) is 38.1 Å². The summed E-state index contributed by atoms with van der Waals surface area (Å²) in [7, 11) is 0. The van der Waals surface area contributed by atoms with Crippen LogP contribution in [0.4, 0.5) is 4.79 Å². The number of hydrogen-bond acceptors (Lipinski definition) is 14. The number of aliphatic hydroxyl groups excluding tert-OH is 3. The fraction of sp³-hybridized carbons (Fsp3) is 0.558. The van der Waals surface area contributed by atoms with Gasteiger partial charge >= 0.3 is 24.0 Å². The maximum atomic E-state index is 14.9. The van der Waals surface area contributed by atoms with Crippen LogP contribution in [-0.4, -0.2) is 110 Å². The van der Waals surface area contributed by atoms with Gasteiger partial charge < -0.3 is 49.4 Å². The SMILES string of the molecule is CC(=O)O[C@@]12CO[C@@H]1C[C@@H](O)[C@@]1(C)C(=O)[C@H](O)C3=C(C)[C@@H](OC(=O)C(O)[C@@H](NC(=O)OC(C)(C)C)c4ccccc4)C[C@@](O)([C@@H](OC(=O)c4ccccc4)C12)C3(C)C. The molecule has 0 radical (unpaired) electrons. The Hall–Kier alpha value is -4.67. The second-order valence-electron chi connectivity index (χ2n) is 17.6. The third-order valence-corrected chi connectivity index (χ3v) is 12.6. The van der Waals surface area contributed by atoms with E-state index in [2.05, 4.69) is 5.32 Å². The van der Waals surface area contributed by atoms with Crippen LogP contribution in [0.15, 0.2) is 71.8 Å². The average Bonchev–Trinajstić information content (AvgIpc) is 3.14. The highest BCUT2D eigenvalue weighted by Crippen LogP contribution is 2.64. The van der Waals surface area contributed by atoms with Crippen LogP contribution < -0.4 is 5.32 Å². The standard InChI is InChI=1S/C43H53NO14/c1-22-26(55-37(51)32(48)30(24-15-11-9-12-16-24)44-38(52)58-39(3,4)5)20-43(53)35(56-36(50)25-17-13-10-14-18-25)33-41(8,34(49)31(47)29(22)40(43,6)7)27(46)19-28-42(33,21-54-28)57-23(2)45/h9-18,26-28,30-33,35,46-48,53H,19-21H2,1-8H3,(H,44,52)/t26-,27+,28+,30-,31+,32?,33?,35-,41+,42-,43+/m0/s1. The predicted octanol–water partition coefficient (Wildman–Crippen LogP) is 3.26. The van der Waals surface area contributed by atoms with Gasteiger partial charge in [-0.1, -0.05) is 62.4 Å². The molecule has 2 saturated carbocycles. The van der Waals surface area contributed by atoms with Crippen molar-refractivity contribution >= 4 is 29.8 Å². The Bertz CT molecular complexity index is 1980. The van der Waals surface area contributed by atoms with Crippen molar-refractivity contribution in [3.8, 4) is 0 Å². The van der Waals surface area contributed by atoms with Crippen LogP contribution in [0.5, 0.6) is 0 Å². The summed E-state index contributed by atoms with van der Waals surface area (Å²) in [6.07, 6.45) is -11.5. The lowest BCUT2D eigenvalue weighted by molar-refractivity contribution is -0.346. The lowest BCUT2D eigenvalue weighted by Gasteiger charge is -2.67. The van der Waals surface area contributed by atoms with Gasteiger partial charge in [0.05, 0.1) is 35.6 Å². The molecule has 4 aliphatic rings. The summed E-state index contributed by atoms with van der Waals surface area (Å²) in [5, 5.41) is 51.6. The van der Waals surface area contributed by atoms with Gasteiger partial charge in [0.25, 0.3) is 0 Å². The average molecular weight is 808 g/mol. The van der Waals surface area contributed by atoms with Crippen LogP contribution in [0, 0.1) is 16.7 Å². The van der Waals surface area contributed by atoms with Gasteiger partial charge in [-0.05, 0) is 63.5 Å². The maximum absolute atomic E-state index is 14.9. The molecule has 1 heterocycles. The second-order valence-corrected chi connectivity index (χ2v) is 17.6. The molecule has 1 saturated heterocycles. The van der Waals surface area contributed by atoms with Gasteiger partial charge in [0.1, 0.15) is 35.6 Å². The highest BCUT2D eigenvalue weighted by Gasteiger charge is 2.78. The molecule has 3 aliphatic carbocycles. The van der Waals surface area contributed by atoms with Gasteiger partial charge in [-0.25, -0.2) is 14.4 Å². The van der Waals surface area contributed by atoms with Crippen molar-refractivity contribution in [1.29, 1.82) is 0 Å². The van der Waals surface area contributed by atoms with Gasteiger partial charge in [-0.15, -0.1) is 0 Å². The van der Waals surface area contributed by atoms with Crippen molar-refractivity contribution in [3.63, 3.8) is 0 Å². The number of nitrogens with one attached hydrogen (secondary N) is 1. The first-order chi connectivity index (χ1) is 27.0. The number of ether oxygens (including phenoxy) is 5. The van der Waals surface area contributed by atoms with Gasteiger partial charge in [0.15, 0.2) is 17.5 Å². The molecule has 15 nitrogen and oxygen atoms in total. The Kier molecular flexibility index (Phi) is 11.2. The first-order valence-corrected chi connectivity index (χ1v) is 19.3. The van der Waals surface area contributed by atoms with E-state index in [0.29, 0.717) is 5.56 Å². The number of rotatable bonds is 8. The summed E-state index contributed by atoms with van der Waals surface area (Å²) in [5.41, 5.74) is -8.14. The largest absolute Gasteiger partial charge is 0.456 e. The van der Waals surface area contributed by atoms with Crippen LogP contribution in [0.1, 0.15) is 90.2 Å². The number of fused-ring (bicyclic) bond motifs is 5. The van der Waals surface area contributed by atoms with E-state index in [4.69, 9.17) is 23.7 Å². The summed E-state index contributed by atoms with van der Waals surface area (Å²) in [6, 6.07) is 14.6. The number of ketones is 1. The van der Waals surface area contributed by atoms with Crippen LogP contribution in [0.25, 0.3) is 0 Å². The van der Waals surface area contributed by atoms with Crippen molar-refractivity contribution in [2.24, 2.45) is 16.7 Å². The molecule has 3 fully saturated rings. The Balaban J connectivity index is 1.49. The second kappa shape index (κ2) is 15.2. The molecule has 0 spiro atoms.